The van der Waals surface area contributed by atoms with E-state index >= 15 is 0 Å². The van der Waals surface area contributed by atoms with Crippen LogP contribution in [0, 0.1) is 0 Å². The molecule has 0 spiro atoms. The molecule has 0 radical (unpaired) electrons. The number of carbonyl (C=O) groups is 2. The molecule has 1 N–H and O–H groups in total. The average Bonchev–Trinajstić information content (AvgIpc) is 1.65. The van der Waals surface area contributed by atoms with Crippen LogP contribution in [0.5, 0.6) is 0 Å². The van der Waals surface area contributed by atoms with E-state index in [4.69, 9.17) is 5.11 Å². The Morgan fingerprint density at radius 2 is 1.88 bits per heavy atom. The van der Waals surface area contributed by atoms with Crippen molar-refractivity contribution in [3.63, 3.8) is 0 Å². The number of ether oxygens (including phenoxy) is 1. The molecule has 0 aliphatic heterocycles. The molecule has 0 rings (SSSR count). The van der Waals surface area contributed by atoms with Crippen molar-refractivity contribution in [1.29, 1.82) is 0 Å². The molecule has 0 saturated carbocycles. The Balaban J connectivity index is 0. The third-order valence-corrected chi connectivity index (χ3v) is 0.360. The molecule has 0 heterocycles. The zero-order valence-corrected chi connectivity index (χ0v) is 3.67. The SMILES string of the molecule is COC(=O)C(=O)O.[SiH4]. The van der Waals surface area contributed by atoms with Crippen LogP contribution in [0.4, 0.5) is 0 Å². The number of carboxylic acid groups (broad SMARTS) is 1. The average molecular weight is 136 g/mol. The van der Waals surface area contributed by atoms with Crippen LogP contribution in [0.1, 0.15) is 0 Å². The van der Waals surface area contributed by atoms with E-state index in [0.29, 0.717) is 0 Å². The highest BCUT2D eigenvalue weighted by molar-refractivity contribution is 6.28. The minimum absolute atomic E-state index is 0. The van der Waals surface area contributed by atoms with Gasteiger partial charge in [0.2, 0.25) is 0 Å². The third kappa shape index (κ3) is 3.35. The smallest absolute Gasteiger partial charge is 0.417 e. The quantitative estimate of drug-likeness (QED) is 0.233. The summed E-state index contributed by atoms with van der Waals surface area (Å²) in [5, 5.41) is 7.71. The Morgan fingerprint density at radius 3 is 1.88 bits per heavy atom. The molecule has 4 nitrogen and oxygen atoms in total. The zero-order chi connectivity index (χ0) is 5.86. The zero-order valence-electron chi connectivity index (χ0n) is 3.67. The molecular weight excluding hydrogens is 128 g/mol. The lowest BCUT2D eigenvalue weighted by molar-refractivity contribution is -0.161. The second-order valence-corrected chi connectivity index (χ2v) is 0.797. The summed E-state index contributed by atoms with van der Waals surface area (Å²) < 4.78 is 3.77. The summed E-state index contributed by atoms with van der Waals surface area (Å²) in [4.78, 5) is 19.1. The maximum atomic E-state index is 9.69. The summed E-state index contributed by atoms with van der Waals surface area (Å²) in [6, 6.07) is 0. The number of methoxy groups -OCH3 is 1. The van der Waals surface area contributed by atoms with E-state index < -0.39 is 11.9 Å². The van der Waals surface area contributed by atoms with Gasteiger partial charge in [0.25, 0.3) is 0 Å². The summed E-state index contributed by atoms with van der Waals surface area (Å²) in [7, 11) is 1.01. The van der Waals surface area contributed by atoms with E-state index in [1.807, 2.05) is 0 Å². The van der Waals surface area contributed by atoms with E-state index in [-0.39, 0.29) is 11.0 Å². The maximum absolute atomic E-state index is 9.69. The maximum Gasteiger partial charge on any atom is 0.417 e. The number of carboxylic acids is 1. The molecule has 0 aromatic heterocycles. The van der Waals surface area contributed by atoms with E-state index in [1.165, 1.54) is 0 Å². The van der Waals surface area contributed by atoms with Crippen molar-refractivity contribution in [2.75, 3.05) is 7.11 Å². The van der Waals surface area contributed by atoms with Gasteiger partial charge in [0.05, 0.1) is 7.11 Å². The van der Waals surface area contributed by atoms with Gasteiger partial charge in [-0.05, 0) is 11.0 Å². The van der Waals surface area contributed by atoms with E-state index in [2.05, 4.69) is 4.74 Å². The standard InChI is InChI=1S/C3H4O4.H4Si/c1-7-3(6)2(4)5;/h1H3,(H,4,5);1H4. The van der Waals surface area contributed by atoms with Crippen LogP contribution in [-0.2, 0) is 14.3 Å². The van der Waals surface area contributed by atoms with Gasteiger partial charge in [0.15, 0.2) is 0 Å². The fourth-order valence-corrected chi connectivity index (χ4v) is 0.0873. The number of rotatable bonds is 0. The Bertz CT molecular complexity index is 99.5. The van der Waals surface area contributed by atoms with Crippen LogP contribution >= 0.6 is 0 Å². The van der Waals surface area contributed by atoms with E-state index in [0.717, 1.165) is 7.11 Å². The molecule has 0 amide bonds. The molecule has 0 bridgehead atoms. The van der Waals surface area contributed by atoms with Crippen LogP contribution in [0.25, 0.3) is 0 Å². The molecule has 0 aromatic rings. The number of hydrogen-bond donors (Lipinski definition) is 1. The highest BCUT2D eigenvalue weighted by Gasteiger charge is 2.08. The largest absolute Gasteiger partial charge is 0.473 e. The van der Waals surface area contributed by atoms with Crippen molar-refractivity contribution in [3.8, 4) is 0 Å². The summed E-state index contributed by atoms with van der Waals surface area (Å²) in [6.45, 7) is 0. The summed E-state index contributed by atoms with van der Waals surface area (Å²) in [5.74, 6) is -2.80. The Labute approximate surface area is 50.5 Å². The predicted molar refractivity (Wildman–Crippen MR) is 31.0 cm³/mol. The first-order valence-electron chi connectivity index (χ1n) is 1.49. The van der Waals surface area contributed by atoms with Gasteiger partial charge >= 0.3 is 11.9 Å². The topological polar surface area (TPSA) is 63.6 Å². The molecule has 0 atom stereocenters. The van der Waals surface area contributed by atoms with Gasteiger partial charge in [-0.3, -0.25) is 0 Å². The predicted octanol–water partition coefficient (Wildman–Crippen LogP) is -2.21. The highest BCUT2D eigenvalue weighted by atomic mass is 28.1. The molecular formula is C3H8O4Si. The molecule has 0 aliphatic carbocycles. The fraction of sp³-hybridized carbons (Fsp3) is 0.333. The van der Waals surface area contributed by atoms with Gasteiger partial charge in [-0.1, -0.05) is 0 Å². The number of carbonyl (C=O) groups excluding carboxylic acids is 1. The van der Waals surface area contributed by atoms with Gasteiger partial charge in [-0.2, -0.15) is 0 Å². The van der Waals surface area contributed by atoms with E-state index in [9.17, 15) is 9.59 Å². The number of esters is 1. The minimum Gasteiger partial charge on any atom is -0.473 e. The van der Waals surface area contributed by atoms with Crippen molar-refractivity contribution in [1.82, 2.24) is 0 Å². The van der Waals surface area contributed by atoms with Crippen LogP contribution in [0.3, 0.4) is 0 Å². The van der Waals surface area contributed by atoms with Crippen molar-refractivity contribution < 1.29 is 19.4 Å². The second kappa shape index (κ2) is 4.32. The van der Waals surface area contributed by atoms with Gasteiger partial charge in [0, 0.05) is 0 Å². The van der Waals surface area contributed by atoms with Gasteiger partial charge in [-0.25, -0.2) is 9.59 Å². The first-order chi connectivity index (χ1) is 3.18. The highest BCUT2D eigenvalue weighted by Crippen LogP contribution is 1.68. The lowest BCUT2D eigenvalue weighted by Crippen LogP contribution is -2.13. The molecule has 5 heteroatoms. The number of hydrogen-bond acceptors (Lipinski definition) is 3. The third-order valence-electron chi connectivity index (χ3n) is 0.360. The van der Waals surface area contributed by atoms with Crippen molar-refractivity contribution in [2.45, 2.75) is 0 Å². The van der Waals surface area contributed by atoms with Gasteiger partial charge in [0.1, 0.15) is 0 Å². The van der Waals surface area contributed by atoms with Crippen molar-refractivity contribution >= 4 is 22.9 Å². The first-order valence-corrected chi connectivity index (χ1v) is 1.49. The molecule has 8 heavy (non-hydrogen) atoms. The lowest BCUT2D eigenvalue weighted by Gasteiger charge is -1.85. The fourth-order valence-electron chi connectivity index (χ4n) is 0.0873. The van der Waals surface area contributed by atoms with Gasteiger partial charge in [-0.15, -0.1) is 0 Å². The Hall–Kier alpha value is -0.843. The van der Waals surface area contributed by atoms with Crippen LogP contribution in [-0.4, -0.2) is 35.1 Å². The molecule has 0 saturated heterocycles. The molecule has 48 valence electrons. The number of aliphatic carboxylic acids is 1. The van der Waals surface area contributed by atoms with E-state index in [1.54, 1.807) is 0 Å². The van der Waals surface area contributed by atoms with Crippen LogP contribution in [0.15, 0.2) is 0 Å². The Kier molecular flexibility index (Phi) is 5.51. The van der Waals surface area contributed by atoms with Gasteiger partial charge < -0.3 is 9.84 Å². The summed E-state index contributed by atoms with van der Waals surface area (Å²) >= 11 is 0. The van der Waals surface area contributed by atoms with Crippen molar-refractivity contribution in [3.05, 3.63) is 0 Å². The summed E-state index contributed by atoms with van der Waals surface area (Å²) in [6.07, 6.45) is 0. The summed E-state index contributed by atoms with van der Waals surface area (Å²) in [5.41, 5.74) is 0. The molecule has 0 unspecified atom stereocenters. The monoisotopic (exact) mass is 136 g/mol. The Morgan fingerprint density at radius 1 is 1.50 bits per heavy atom. The normalized spacial score (nSPS) is 6.62. The van der Waals surface area contributed by atoms with Crippen LogP contribution in [0.2, 0.25) is 0 Å². The first kappa shape index (κ1) is 10.2. The molecule has 0 aromatic carbocycles. The lowest BCUT2D eigenvalue weighted by atomic mass is 10.7. The molecule has 0 fully saturated rings. The molecule has 0 aliphatic rings. The minimum atomic E-state index is -1.57. The second-order valence-electron chi connectivity index (χ2n) is 0.797. The van der Waals surface area contributed by atoms with Crippen molar-refractivity contribution in [2.24, 2.45) is 0 Å². The van der Waals surface area contributed by atoms with Crippen LogP contribution < -0.4 is 0 Å².